The third-order valence-corrected chi connectivity index (χ3v) is 7.07. The van der Waals surface area contributed by atoms with Crippen molar-refractivity contribution in [2.24, 2.45) is 5.92 Å². The molecular weight excluding hydrogens is 308 g/mol. The lowest BCUT2D eigenvalue weighted by Gasteiger charge is -2.45. The van der Waals surface area contributed by atoms with Crippen molar-refractivity contribution in [1.82, 2.24) is 9.88 Å². The summed E-state index contributed by atoms with van der Waals surface area (Å²) in [5.41, 5.74) is 4.50. The van der Waals surface area contributed by atoms with Crippen LogP contribution in [0, 0.1) is 5.92 Å². The van der Waals surface area contributed by atoms with Gasteiger partial charge in [0, 0.05) is 29.4 Å². The van der Waals surface area contributed by atoms with E-state index in [1.54, 1.807) is 11.1 Å². The van der Waals surface area contributed by atoms with Gasteiger partial charge in [-0.3, -0.25) is 0 Å². The van der Waals surface area contributed by atoms with Crippen molar-refractivity contribution in [2.45, 2.75) is 29.8 Å². The monoisotopic (exact) mass is 332 g/mol. The molecule has 1 N–H and O–H groups in total. The SMILES string of the molecule is CSCC1C[C@H]2c3cccc4[nH]c(SC)c(c34)C[C@@H]2N(C)C1. The Morgan fingerprint density at radius 1 is 1.32 bits per heavy atom. The molecule has 4 rings (SSSR count). The molecule has 1 fully saturated rings. The van der Waals surface area contributed by atoms with Crippen molar-refractivity contribution >= 4 is 34.4 Å². The molecule has 118 valence electrons. The lowest BCUT2D eigenvalue weighted by atomic mass is 9.73. The summed E-state index contributed by atoms with van der Waals surface area (Å²) in [6.07, 6.45) is 6.99. The van der Waals surface area contributed by atoms with E-state index < -0.39 is 0 Å². The molecule has 1 unspecified atom stereocenters. The first-order valence-corrected chi connectivity index (χ1v) is 10.7. The molecule has 2 nitrogen and oxygen atoms in total. The van der Waals surface area contributed by atoms with Crippen LogP contribution in [0.4, 0.5) is 0 Å². The van der Waals surface area contributed by atoms with Gasteiger partial charge in [-0.25, -0.2) is 0 Å². The molecule has 1 aliphatic heterocycles. The summed E-state index contributed by atoms with van der Waals surface area (Å²) >= 11 is 3.86. The molecule has 0 saturated carbocycles. The second-order valence-electron chi connectivity index (χ2n) is 6.78. The number of aromatic amines is 1. The maximum Gasteiger partial charge on any atom is 0.0763 e. The van der Waals surface area contributed by atoms with Crippen molar-refractivity contribution in [3.63, 3.8) is 0 Å². The number of rotatable bonds is 3. The minimum Gasteiger partial charge on any atom is -0.349 e. The van der Waals surface area contributed by atoms with Crippen LogP contribution in [0.25, 0.3) is 10.9 Å². The third kappa shape index (κ3) is 2.22. The predicted octanol–water partition coefficient (Wildman–Crippen LogP) is 4.21. The molecule has 2 heterocycles. The van der Waals surface area contributed by atoms with Gasteiger partial charge in [0.1, 0.15) is 0 Å². The highest BCUT2D eigenvalue weighted by atomic mass is 32.2. The number of piperidine rings is 1. The highest BCUT2D eigenvalue weighted by molar-refractivity contribution is 7.98. The zero-order chi connectivity index (χ0) is 15.3. The highest BCUT2D eigenvalue weighted by Gasteiger charge is 2.39. The minimum atomic E-state index is 0.679. The Morgan fingerprint density at radius 3 is 2.95 bits per heavy atom. The fraction of sp³-hybridized carbons (Fsp3) is 0.556. The summed E-state index contributed by atoms with van der Waals surface area (Å²) in [6, 6.07) is 7.55. The Bertz CT molecular complexity index is 694. The number of likely N-dealkylation sites (N-methyl/N-ethyl adjacent to an activating group) is 1. The number of benzene rings is 1. The van der Waals surface area contributed by atoms with Crippen molar-refractivity contribution in [3.8, 4) is 0 Å². The van der Waals surface area contributed by atoms with Crippen LogP contribution in [0.2, 0.25) is 0 Å². The van der Waals surface area contributed by atoms with Gasteiger partial charge in [-0.15, -0.1) is 11.8 Å². The number of H-pyrrole nitrogens is 1. The standard InChI is InChI=1S/C18H24N2S2/c1-20-9-11(10-21-2)7-13-12-5-4-6-15-17(12)14(8-16(13)20)18(19-15)22-3/h4-6,11,13,16,19H,7-10H2,1-3H3/t11?,13-,16-/m0/s1. The second kappa shape index (κ2) is 5.81. The first-order valence-electron chi connectivity index (χ1n) is 8.09. The quantitative estimate of drug-likeness (QED) is 0.850. The Labute approximate surface area is 141 Å². The average Bonchev–Trinajstić information content (AvgIpc) is 2.88. The fourth-order valence-electron chi connectivity index (χ4n) is 4.64. The summed E-state index contributed by atoms with van der Waals surface area (Å²) in [4.78, 5) is 6.28. The van der Waals surface area contributed by atoms with Gasteiger partial charge >= 0.3 is 0 Å². The topological polar surface area (TPSA) is 19.0 Å². The van der Waals surface area contributed by atoms with Crippen LogP contribution < -0.4 is 0 Å². The van der Waals surface area contributed by atoms with E-state index in [0.717, 1.165) is 5.92 Å². The molecule has 1 aliphatic carbocycles. The molecule has 2 aromatic rings. The van der Waals surface area contributed by atoms with Crippen molar-refractivity contribution in [3.05, 3.63) is 29.3 Å². The summed E-state index contributed by atoms with van der Waals surface area (Å²) < 4.78 is 0. The fourth-order valence-corrected chi connectivity index (χ4v) is 6.00. The number of hydrogen-bond donors (Lipinski definition) is 1. The molecule has 3 atom stereocenters. The normalized spacial score (nSPS) is 28.0. The van der Waals surface area contributed by atoms with Gasteiger partial charge < -0.3 is 9.88 Å². The van der Waals surface area contributed by atoms with E-state index in [9.17, 15) is 0 Å². The van der Waals surface area contributed by atoms with Crippen molar-refractivity contribution in [1.29, 1.82) is 0 Å². The van der Waals surface area contributed by atoms with Gasteiger partial charge in [-0.05, 0) is 61.3 Å². The smallest absolute Gasteiger partial charge is 0.0763 e. The molecule has 1 aromatic heterocycles. The van der Waals surface area contributed by atoms with Crippen LogP contribution in [-0.4, -0.2) is 47.8 Å². The Kier molecular flexibility index (Phi) is 3.95. The summed E-state index contributed by atoms with van der Waals surface area (Å²) in [5.74, 6) is 2.83. The Balaban J connectivity index is 1.82. The van der Waals surface area contributed by atoms with Gasteiger partial charge in [0.25, 0.3) is 0 Å². The van der Waals surface area contributed by atoms with Crippen LogP contribution in [0.5, 0.6) is 0 Å². The summed E-state index contributed by atoms with van der Waals surface area (Å²) in [7, 11) is 2.33. The maximum absolute atomic E-state index is 3.65. The van der Waals surface area contributed by atoms with Gasteiger partial charge in [-0.1, -0.05) is 12.1 Å². The molecule has 1 saturated heterocycles. The van der Waals surface area contributed by atoms with Crippen LogP contribution in [-0.2, 0) is 6.42 Å². The van der Waals surface area contributed by atoms with E-state index in [2.05, 4.69) is 47.6 Å². The first kappa shape index (κ1) is 15.0. The molecule has 0 bridgehead atoms. The number of fused-ring (bicyclic) bond motifs is 2. The summed E-state index contributed by atoms with van der Waals surface area (Å²) in [5, 5.41) is 2.91. The van der Waals surface area contributed by atoms with Gasteiger partial charge in [-0.2, -0.15) is 11.8 Å². The number of hydrogen-bond acceptors (Lipinski definition) is 3. The molecule has 22 heavy (non-hydrogen) atoms. The molecule has 4 heteroatoms. The van der Waals surface area contributed by atoms with E-state index in [1.165, 1.54) is 41.1 Å². The van der Waals surface area contributed by atoms with Crippen molar-refractivity contribution < 1.29 is 0 Å². The van der Waals surface area contributed by atoms with E-state index in [0.29, 0.717) is 12.0 Å². The first-order chi connectivity index (χ1) is 10.7. The molecule has 0 spiro atoms. The van der Waals surface area contributed by atoms with Crippen LogP contribution in [0.15, 0.2) is 23.2 Å². The Hall–Kier alpha value is -0.580. The van der Waals surface area contributed by atoms with E-state index in [-0.39, 0.29) is 0 Å². The van der Waals surface area contributed by atoms with Crippen molar-refractivity contribution in [2.75, 3.05) is 31.9 Å². The largest absolute Gasteiger partial charge is 0.349 e. The lowest BCUT2D eigenvalue weighted by molar-refractivity contribution is 0.121. The number of nitrogens with one attached hydrogen (secondary N) is 1. The summed E-state index contributed by atoms with van der Waals surface area (Å²) in [6.45, 7) is 1.26. The molecular formula is C18H24N2S2. The maximum atomic E-state index is 3.65. The van der Waals surface area contributed by atoms with E-state index in [1.807, 2.05) is 23.5 Å². The number of likely N-dealkylation sites (tertiary alicyclic amines) is 1. The molecule has 1 aromatic carbocycles. The minimum absolute atomic E-state index is 0.679. The zero-order valence-electron chi connectivity index (χ0n) is 13.6. The van der Waals surface area contributed by atoms with E-state index >= 15 is 0 Å². The van der Waals surface area contributed by atoms with Gasteiger partial charge in [0.2, 0.25) is 0 Å². The van der Waals surface area contributed by atoms with Crippen LogP contribution in [0.1, 0.15) is 23.5 Å². The van der Waals surface area contributed by atoms with Gasteiger partial charge in [0.15, 0.2) is 0 Å². The predicted molar refractivity (Wildman–Crippen MR) is 99.4 cm³/mol. The number of aromatic nitrogens is 1. The zero-order valence-corrected chi connectivity index (χ0v) is 15.2. The number of nitrogens with zero attached hydrogens (tertiary/aromatic N) is 1. The van der Waals surface area contributed by atoms with E-state index in [4.69, 9.17) is 0 Å². The molecule has 0 amide bonds. The van der Waals surface area contributed by atoms with Crippen LogP contribution in [0.3, 0.4) is 0 Å². The third-order valence-electron chi connectivity index (χ3n) is 5.50. The number of thioether (sulfide) groups is 2. The Morgan fingerprint density at radius 2 is 2.18 bits per heavy atom. The average molecular weight is 333 g/mol. The van der Waals surface area contributed by atoms with Crippen LogP contribution >= 0.6 is 23.5 Å². The molecule has 0 radical (unpaired) electrons. The lowest BCUT2D eigenvalue weighted by Crippen LogP contribution is -2.48. The second-order valence-corrected chi connectivity index (χ2v) is 8.51. The molecule has 2 aliphatic rings. The van der Waals surface area contributed by atoms with Gasteiger partial charge in [0.05, 0.1) is 5.03 Å². The highest BCUT2D eigenvalue weighted by Crippen LogP contribution is 2.46.